The van der Waals surface area contributed by atoms with E-state index in [9.17, 15) is 0 Å². The minimum Gasteiger partial charge on any atom is -0.353 e. The molecule has 2 fully saturated rings. The van der Waals surface area contributed by atoms with Gasteiger partial charge in [0.15, 0.2) is 0 Å². The zero-order valence-electron chi connectivity index (χ0n) is 5.84. The molecule has 0 saturated carbocycles. The average Bonchev–Trinajstić information content (AvgIpc) is 2.42. The molecule has 2 aliphatic heterocycles. The Morgan fingerprint density at radius 3 is 2.67 bits per heavy atom. The summed E-state index contributed by atoms with van der Waals surface area (Å²) in [6, 6.07) is 0. The van der Waals surface area contributed by atoms with E-state index in [2.05, 4.69) is 11.8 Å². The van der Waals surface area contributed by atoms with E-state index in [1.807, 2.05) is 0 Å². The van der Waals surface area contributed by atoms with Gasteiger partial charge in [0.25, 0.3) is 0 Å². The van der Waals surface area contributed by atoms with Gasteiger partial charge in [-0.05, 0) is 12.8 Å². The Hall–Kier alpha value is -0.0800. The van der Waals surface area contributed by atoms with Crippen molar-refractivity contribution in [2.75, 3.05) is 13.1 Å². The molecule has 2 rings (SSSR count). The summed E-state index contributed by atoms with van der Waals surface area (Å²) in [5, 5.41) is 0. The summed E-state index contributed by atoms with van der Waals surface area (Å²) >= 11 is 0. The maximum Gasteiger partial charge on any atom is 0.137 e. The Kier molecular flexibility index (Phi) is 1.24. The van der Waals surface area contributed by atoms with Crippen LogP contribution in [0.5, 0.6) is 0 Å². The molecule has 2 heterocycles. The van der Waals surface area contributed by atoms with Gasteiger partial charge in [0.05, 0.1) is 6.10 Å². The second-order valence-corrected chi connectivity index (χ2v) is 2.86. The van der Waals surface area contributed by atoms with Gasteiger partial charge < -0.3 is 4.74 Å². The van der Waals surface area contributed by atoms with Crippen LogP contribution in [0.25, 0.3) is 0 Å². The van der Waals surface area contributed by atoms with Gasteiger partial charge in [0.1, 0.15) is 6.23 Å². The van der Waals surface area contributed by atoms with Crippen LogP contribution in [0.4, 0.5) is 0 Å². The second kappa shape index (κ2) is 1.96. The quantitative estimate of drug-likeness (QED) is 0.510. The molecule has 0 bridgehead atoms. The number of nitrogens with zero attached hydrogens (tertiary/aromatic N) is 1. The summed E-state index contributed by atoms with van der Waals surface area (Å²) < 4.78 is 5.40. The van der Waals surface area contributed by atoms with Crippen LogP contribution >= 0.6 is 0 Å². The Morgan fingerprint density at radius 1 is 1.56 bits per heavy atom. The zero-order valence-corrected chi connectivity index (χ0v) is 5.84. The van der Waals surface area contributed by atoms with Gasteiger partial charge in [0, 0.05) is 13.1 Å². The van der Waals surface area contributed by atoms with Crippen molar-refractivity contribution in [2.45, 2.75) is 32.1 Å². The Morgan fingerprint density at radius 2 is 2.33 bits per heavy atom. The van der Waals surface area contributed by atoms with Crippen LogP contribution in [-0.2, 0) is 4.74 Å². The monoisotopic (exact) mass is 127 g/mol. The van der Waals surface area contributed by atoms with Crippen LogP contribution in [0.2, 0.25) is 0 Å². The van der Waals surface area contributed by atoms with Gasteiger partial charge in [0.2, 0.25) is 0 Å². The molecule has 9 heavy (non-hydrogen) atoms. The lowest BCUT2D eigenvalue weighted by molar-refractivity contribution is 0.109. The molecule has 0 amide bonds. The number of likely N-dealkylation sites (tertiary alicyclic amines) is 1. The predicted molar refractivity (Wildman–Crippen MR) is 35.1 cm³/mol. The van der Waals surface area contributed by atoms with Crippen LogP contribution in [-0.4, -0.2) is 30.3 Å². The number of rotatable bonds is 2. The van der Waals surface area contributed by atoms with Crippen molar-refractivity contribution in [3.05, 3.63) is 0 Å². The van der Waals surface area contributed by atoms with Crippen LogP contribution in [0.15, 0.2) is 0 Å². The molecule has 2 atom stereocenters. The summed E-state index contributed by atoms with van der Waals surface area (Å²) in [5.74, 6) is 0. The standard InChI is InChI=1S/C7H13NO/c1-2-6-7(9-6)8-4-3-5-8/h6-7H,2-5H2,1H3. The molecule has 0 aliphatic carbocycles. The Bertz CT molecular complexity index is 111. The smallest absolute Gasteiger partial charge is 0.137 e. The van der Waals surface area contributed by atoms with Crippen molar-refractivity contribution in [2.24, 2.45) is 0 Å². The highest BCUT2D eigenvalue weighted by Crippen LogP contribution is 2.31. The fraction of sp³-hybridized carbons (Fsp3) is 1.00. The normalized spacial score (nSPS) is 42.3. The lowest BCUT2D eigenvalue weighted by atomic mass is 10.2. The maximum absolute atomic E-state index is 5.40. The molecular formula is C7H13NO. The second-order valence-electron chi connectivity index (χ2n) is 2.86. The molecule has 0 N–H and O–H groups in total. The third kappa shape index (κ3) is 0.864. The van der Waals surface area contributed by atoms with Crippen LogP contribution in [0.1, 0.15) is 19.8 Å². The average molecular weight is 127 g/mol. The Balaban J connectivity index is 1.76. The third-order valence-electron chi connectivity index (χ3n) is 2.21. The van der Waals surface area contributed by atoms with Gasteiger partial charge in [-0.2, -0.15) is 0 Å². The van der Waals surface area contributed by atoms with Crippen LogP contribution in [0.3, 0.4) is 0 Å². The van der Waals surface area contributed by atoms with Gasteiger partial charge in [-0.25, -0.2) is 0 Å². The fourth-order valence-corrected chi connectivity index (χ4v) is 1.35. The largest absolute Gasteiger partial charge is 0.353 e. The highest BCUT2D eigenvalue weighted by atomic mass is 16.6. The number of hydrogen-bond acceptors (Lipinski definition) is 2. The molecule has 2 heteroatoms. The van der Waals surface area contributed by atoms with Gasteiger partial charge >= 0.3 is 0 Å². The topological polar surface area (TPSA) is 15.8 Å². The SMILES string of the molecule is CCC1OC1N1CCC1. The molecule has 52 valence electrons. The van der Waals surface area contributed by atoms with Crippen molar-refractivity contribution < 1.29 is 4.74 Å². The molecule has 0 aromatic rings. The first kappa shape index (κ1) is 5.69. The summed E-state index contributed by atoms with van der Waals surface area (Å²) in [7, 11) is 0. The van der Waals surface area contributed by atoms with Crippen molar-refractivity contribution in [3.8, 4) is 0 Å². The van der Waals surface area contributed by atoms with E-state index < -0.39 is 0 Å². The van der Waals surface area contributed by atoms with E-state index in [-0.39, 0.29) is 0 Å². The molecule has 2 nitrogen and oxygen atoms in total. The van der Waals surface area contributed by atoms with E-state index in [0.29, 0.717) is 12.3 Å². The minimum atomic E-state index is 0.517. The molecule has 0 spiro atoms. The summed E-state index contributed by atoms with van der Waals surface area (Å²) in [6.07, 6.45) is 3.64. The molecule has 2 unspecified atom stereocenters. The number of ether oxygens (including phenoxy) is 1. The van der Waals surface area contributed by atoms with Gasteiger partial charge in [-0.15, -0.1) is 0 Å². The predicted octanol–water partition coefficient (Wildman–Crippen LogP) is 0.827. The summed E-state index contributed by atoms with van der Waals surface area (Å²) in [4.78, 5) is 2.41. The fourth-order valence-electron chi connectivity index (χ4n) is 1.35. The molecule has 2 aliphatic rings. The molecule has 0 radical (unpaired) electrons. The van der Waals surface area contributed by atoms with Gasteiger partial charge in [-0.1, -0.05) is 6.92 Å². The highest BCUT2D eigenvalue weighted by molar-refractivity contribution is 4.87. The van der Waals surface area contributed by atoms with Gasteiger partial charge in [-0.3, -0.25) is 4.90 Å². The highest BCUT2D eigenvalue weighted by Gasteiger charge is 2.43. The first-order valence-electron chi connectivity index (χ1n) is 3.81. The van der Waals surface area contributed by atoms with Crippen LogP contribution < -0.4 is 0 Å². The van der Waals surface area contributed by atoms with Crippen molar-refractivity contribution >= 4 is 0 Å². The number of epoxide rings is 1. The van der Waals surface area contributed by atoms with E-state index >= 15 is 0 Å². The van der Waals surface area contributed by atoms with Crippen LogP contribution in [0, 0.1) is 0 Å². The molecule has 0 aromatic carbocycles. The summed E-state index contributed by atoms with van der Waals surface area (Å²) in [5.41, 5.74) is 0. The van der Waals surface area contributed by atoms with Crippen molar-refractivity contribution in [1.82, 2.24) is 4.90 Å². The Labute approximate surface area is 55.8 Å². The van der Waals surface area contributed by atoms with E-state index in [4.69, 9.17) is 4.74 Å². The van der Waals surface area contributed by atoms with E-state index in [1.165, 1.54) is 25.9 Å². The summed E-state index contributed by atoms with van der Waals surface area (Å²) in [6.45, 7) is 4.72. The maximum atomic E-state index is 5.40. The molecule has 0 aromatic heterocycles. The lowest BCUT2D eigenvalue weighted by Gasteiger charge is -2.28. The lowest BCUT2D eigenvalue weighted by Crippen LogP contribution is -2.40. The zero-order chi connectivity index (χ0) is 6.27. The first-order valence-corrected chi connectivity index (χ1v) is 3.81. The first-order chi connectivity index (χ1) is 4.42. The van der Waals surface area contributed by atoms with Crippen molar-refractivity contribution in [1.29, 1.82) is 0 Å². The van der Waals surface area contributed by atoms with Crippen molar-refractivity contribution in [3.63, 3.8) is 0 Å². The minimum absolute atomic E-state index is 0.517. The number of hydrogen-bond donors (Lipinski definition) is 0. The molecular weight excluding hydrogens is 114 g/mol. The third-order valence-corrected chi connectivity index (χ3v) is 2.21. The van der Waals surface area contributed by atoms with E-state index in [0.717, 1.165) is 0 Å². The van der Waals surface area contributed by atoms with E-state index in [1.54, 1.807) is 0 Å². The molecule has 2 saturated heterocycles.